The van der Waals surface area contributed by atoms with Gasteiger partial charge in [0, 0.05) is 29.1 Å². The molecule has 4 heteroatoms. The van der Waals surface area contributed by atoms with Crippen LogP contribution in [-0.4, -0.2) is 17.1 Å². The van der Waals surface area contributed by atoms with Crippen LogP contribution in [0.15, 0.2) is 30.3 Å². The van der Waals surface area contributed by atoms with E-state index in [1.54, 1.807) is 11.3 Å². The molecule has 0 aliphatic rings. The highest BCUT2D eigenvalue weighted by Crippen LogP contribution is 2.29. The van der Waals surface area contributed by atoms with Gasteiger partial charge in [0.25, 0.3) is 0 Å². The van der Waals surface area contributed by atoms with Crippen LogP contribution in [0, 0.1) is 0 Å². The lowest BCUT2D eigenvalue weighted by Gasteiger charge is -2.20. The van der Waals surface area contributed by atoms with Gasteiger partial charge in [0.05, 0.1) is 12.3 Å². The Morgan fingerprint density at radius 2 is 1.90 bits per heavy atom. The van der Waals surface area contributed by atoms with Crippen LogP contribution in [-0.2, 0) is 17.9 Å². The van der Waals surface area contributed by atoms with Gasteiger partial charge in [-0.2, -0.15) is 0 Å². The first-order valence-corrected chi connectivity index (χ1v) is 8.18. The van der Waals surface area contributed by atoms with Gasteiger partial charge in [-0.1, -0.05) is 30.3 Å². The maximum atomic E-state index is 5.50. The predicted octanol–water partition coefficient (Wildman–Crippen LogP) is 4.23. The van der Waals surface area contributed by atoms with Gasteiger partial charge in [-0.25, -0.2) is 4.98 Å². The van der Waals surface area contributed by atoms with Crippen molar-refractivity contribution in [3.63, 3.8) is 0 Å². The van der Waals surface area contributed by atoms with Gasteiger partial charge >= 0.3 is 0 Å². The number of nitrogens with one attached hydrogen (secondary N) is 1. The summed E-state index contributed by atoms with van der Waals surface area (Å²) in [5.41, 5.74) is 2.34. The number of thiazole rings is 1. The molecule has 114 valence electrons. The molecule has 0 amide bonds. The Balaban J connectivity index is 2.25. The number of hydrogen-bond donors (Lipinski definition) is 1. The highest BCUT2D eigenvalue weighted by atomic mass is 32.1. The smallest absolute Gasteiger partial charge is 0.119 e. The molecule has 0 aliphatic carbocycles. The lowest BCUT2D eigenvalue weighted by Crippen LogP contribution is -2.34. The average molecular weight is 304 g/mol. The summed E-state index contributed by atoms with van der Waals surface area (Å²) in [5.74, 6) is 0. The molecular weight excluding hydrogens is 280 g/mol. The van der Waals surface area contributed by atoms with E-state index in [1.807, 2.05) is 13.0 Å². The van der Waals surface area contributed by atoms with Crippen molar-refractivity contribution in [1.29, 1.82) is 0 Å². The summed E-state index contributed by atoms with van der Waals surface area (Å²) in [5, 5.41) is 4.59. The highest BCUT2D eigenvalue weighted by molar-refractivity contribution is 7.12. The van der Waals surface area contributed by atoms with Crippen LogP contribution in [0.3, 0.4) is 0 Å². The standard InChI is InChI=1S/C17H24N2OS/c1-5-20-12-15-19-16(13-9-7-6-8-10-13)14(21-15)11-18-17(2,3)4/h6-10,18H,5,11-12H2,1-4H3. The molecule has 21 heavy (non-hydrogen) atoms. The van der Waals surface area contributed by atoms with Gasteiger partial charge in [0.2, 0.25) is 0 Å². The second-order valence-corrected chi connectivity index (χ2v) is 7.15. The summed E-state index contributed by atoms with van der Waals surface area (Å²) in [4.78, 5) is 6.04. The quantitative estimate of drug-likeness (QED) is 0.867. The first-order valence-electron chi connectivity index (χ1n) is 7.36. The molecule has 2 rings (SSSR count). The Labute approximate surface area is 131 Å². The molecule has 0 fully saturated rings. The van der Waals surface area contributed by atoms with Crippen LogP contribution in [0.1, 0.15) is 37.6 Å². The van der Waals surface area contributed by atoms with Crippen LogP contribution in [0.25, 0.3) is 11.3 Å². The van der Waals surface area contributed by atoms with Crippen molar-refractivity contribution < 1.29 is 4.74 Å². The van der Waals surface area contributed by atoms with Gasteiger partial charge < -0.3 is 10.1 Å². The van der Waals surface area contributed by atoms with Crippen molar-refractivity contribution in [2.75, 3.05) is 6.61 Å². The molecule has 1 aromatic heterocycles. The highest BCUT2D eigenvalue weighted by Gasteiger charge is 2.16. The zero-order valence-corrected chi connectivity index (χ0v) is 14.1. The second kappa shape index (κ2) is 7.16. The third-order valence-corrected chi connectivity index (χ3v) is 4.03. The third-order valence-electron chi connectivity index (χ3n) is 3.00. The molecule has 0 unspecified atom stereocenters. The monoisotopic (exact) mass is 304 g/mol. The van der Waals surface area contributed by atoms with E-state index in [1.165, 1.54) is 10.4 Å². The zero-order chi connectivity index (χ0) is 15.3. The average Bonchev–Trinajstić information content (AvgIpc) is 2.86. The lowest BCUT2D eigenvalue weighted by atomic mass is 10.1. The van der Waals surface area contributed by atoms with Gasteiger partial charge in [0.1, 0.15) is 5.01 Å². The molecule has 3 nitrogen and oxygen atoms in total. The molecule has 1 aromatic carbocycles. The maximum Gasteiger partial charge on any atom is 0.119 e. The molecule has 0 bridgehead atoms. The molecule has 1 heterocycles. The molecule has 0 saturated carbocycles. The number of rotatable bonds is 6. The van der Waals surface area contributed by atoms with Crippen LogP contribution in [0.2, 0.25) is 0 Å². The van der Waals surface area contributed by atoms with E-state index in [2.05, 4.69) is 50.4 Å². The number of hydrogen-bond acceptors (Lipinski definition) is 4. The Morgan fingerprint density at radius 1 is 1.19 bits per heavy atom. The topological polar surface area (TPSA) is 34.1 Å². The Bertz CT molecular complexity index is 558. The van der Waals surface area contributed by atoms with Crippen molar-refractivity contribution >= 4 is 11.3 Å². The van der Waals surface area contributed by atoms with Gasteiger partial charge in [-0.15, -0.1) is 11.3 Å². The molecule has 1 N–H and O–H groups in total. The molecule has 2 aromatic rings. The van der Waals surface area contributed by atoms with E-state index in [-0.39, 0.29) is 5.54 Å². The number of ether oxygens (including phenoxy) is 1. The Kier molecular flexibility index (Phi) is 5.51. The fourth-order valence-corrected chi connectivity index (χ4v) is 2.91. The normalized spacial score (nSPS) is 11.8. The summed E-state index contributed by atoms with van der Waals surface area (Å²) in [7, 11) is 0. The summed E-state index contributed by atoms with van der Waals surface area (Å²) in [6.07, 6.45) is 0. The largest absolute Gasteiger partial charge is 0.375 e. The number of aromatic nitrogens is 1. The van der Waals surface area contributed by atoms with Crippen molar-refractivity contribution in [2.45, 2.75) is 46.4 Å². The number of nitrogens with zero attached hydrogens (tertiary/aromatic N) is 1. The van der Waals surface area contributed by atoms with Crippen molar-refractivity contribution in [1.82, 2.24) is 10.3 Å². The van der Waals surface area contributed by atoms with Crippen molar-refractivity contribution in [2.24, 2.45) is 0 Å². The van der Waals surface area contributed by atoms with E-state index >= 15 is 0 Å². The van der Waals surface area contributed by atoms with Crippen molar-refractivity contribution in [3.8, 4) is 11.3 Å². The maximum absolute atomic E-state index is 5.50. The molecule has 0 atom stereocenters. The fourth-order valence-electron chi connectivity index (χ4n) is 1.94. The van der Waals surface area contributed by atoms with Gasteiger partial charge in [-0.3, -0.25) is 0 Å². The number of benzene rings is 1. The molecule has 0 spiro atoms. The molecule has 0 aliphatic heterocycles. The van der Waals surface area contributed by atoms with Crippen molar-refractivity contribution in [3.05, 3.63) is 40.2 Å². The van der Waals surface area contributed by atoms with Crippen LogP contribution in [0.4, 0.5) is 0 Å². The zero-order valence-electron chi connectivity index (χ0n) is 13.3. The lowest BCUT2D eigenvalue weighted by molar-refractivity contribution is 0.134. The van der Waals surface area contributed by atoms with Crippen LogP contribution < -0.4 is 5.32 Å². The summed E-state index contributed by atoms with van der Waals surface area (Å²) in [6.45, 7) is 10.7. The first-order chi connectivity index (χ1) is 9.99. The minimum absolute atomic E-state index is 0.0953. The second-order valence-electron chi connectivity index (χ2n) is 5.99. The Morgan fingerprint density at radius 3 is 2.52 bits per heavy atom. The van der Waals surface area contributed by atoms with E-state index in [0.29, 0.717) is 6.61 Å². The van der Waals surface area contributed by atoms with Crippen LogP contribution >= 0.6 is 11.3 Å². The Hall–Kier alpha value is -1.23. The van der Waals surface area contributed by atoms with Crippen LogP contribution in [0.5, 0.6) is 0 Å². The van der Waals surface area contributed by atoms with E-state index in [9.17, 15) is 0 Å². The SMILES string of the molecule is CCOCc1nc(-c2ccccc2)c(CNC(C)(C)C)s1. The van der Waals surface area contributed by atoms with E-state index < -0.39 is 0 Å². The molecular formula is C17H24N2OS. The van der Waals surface area contributed by atoms with E-state index in [4.69, 9.17) is 9.72 Å². The fraction of sp³-hybridized carbons (Fsp3) is 0.471. The first kappa shape index (κ1) is 16.1. The summed E-state index contributed by atoms with van der Waals surface area (Å²) < 4.78 is 5.50. The summed E-state index contributed by atoms with van der Waals surface area (Å²) in [6, 6.07) is 10.4. The predicted molar refractivity (Wildman–Crippen MR) is 89.5 cm³/mol. The van der Waals surface area contributed by atoms with E-state index in [0.717, 1.165) is 23.9 Å². The third kappa shape index (κ3) is 4.92. The summed E-state index contributed by atoms with van der Waals surface area (Å²) >= 11 is 1.74. The molecule has 0 radical (unpaired) electrons. The van der Waals surface area contributed by atoms with Gasteiger partial charge in [-0.05, 0) is 27.7 Å². The minimum Gasteiger partial charge on any atom is -0.375 e. The van der Waals surface area contributed by atoms with Gasteiger partial charge in [0.15, 0.2) is 0 Å². The minimum atomic E-state index is 0.0953. The molecule has 0 saturated heterocycles.